The molecule has 4 aromatic carbocycles. The number of benzene rings is 4. The number of phenols is 1. The Hall–Kier alpha value is -5.83. The number of ether oxygens (including phenoxy) is 1. The van der Waals surface area contributed by atoms with Crippen molar-refractivity contribution in [3.63, 3.8) is 0 Å². The molecule has 0 radical (unpaired) electrons. The molecule has 3 N–H and O–H groups in total. The minimum atomic E-state index is -0.423. The summed E-state index contributed by atoms with van der Waals surface area (Å²) >= 11 is 0. The van der Waals surface area contributed by atoms with Gasteiger partial charge in [-0.3, -0.25) is 4.79 Å². The van der Waals surface area contributed by atoms with E-state index in [4.69, 9.17) is 15.5 Å². The number of hydrogen-bond donors (Lipinski definition) is 2. The fourth-order valence-electron chi connectivity index (χ4n) is 4.87. The van der Waals surface area contributed by atoms with Crippen molar-refractivity contribution < 1.29 is 14.6 Å². The number of carbonyl (C=O) groups is 1. The Morgan fingerprint density at radius 2 is 1.56 bits per heavy atom. The van der Waals surface area contributed by atoms with E-state index in [0.717, 1.165) is 11.1 Å². The van der Waals surface area contributed by atoms with Gasteiger partial charge in [-0.1, -0.05) is 54.1 Å². The van der Waals surface area contributed by atoms with E-state index in [2.05, 4.69) is 15.3 Å². The minimum absolute atomic E-state index is 0.0971. The number of rotatable bonds is 7. The second-order valence-electron chi connectivity index (χ2n) is 10.1. The Labute approximate surface area is 248 Å². The van der Waals surface area contributed by atoms with Gasteiger partial charge in [-0.15, -0.1) is 10.2 Å². The molecule has 6 aromatic rings. The van der Waals surface area contributed by atoms with Gasteiger partial charge < -0.3 is 15.6 Å². The number of phenolic OH excluding ortho intramolecular Hbond substituents is 1. The zero-order valence-corrected chi connectivity index (χ0v) is 23.8. The number of anilines is 1. The highest BCUT2D eigenvalue weighted by atomic mass is 16.5. The molecule has 212 valence electrons. The monoisotopic (exact) mass is 568 g/mol. The second-order valence-corrected chi connectivity index (χ2v) is 10.1. The zero-order chi connectivity index (χ0) is 30.1. The molecule has 9 nitrogen and oxygen atoms in total. The molecule has 0 saturated carbocycles. The molecule has 0 atom stereocenters. The molecule has 0 spiro atoms. The van der Waals surface area contributed by atoms with Crippen LogP contribution in [0, 0.1) is 13.8 Å². The molecule has 0 aliphatic carbocycles. The molecule has 6 rings (SSSR count). The van der Waals surface area contributed by atoms with E-state index in [0.29, 0.717) is 39.6 Å². The number of aromatic hydroxyl groups is 1. The van der Waals surface area contributed by atoms with Gasteiger partial charge in [0, 0.05) is 11.1 Å². The molecule has 0 bridgehead atoms. The first-order valence-corrected chi connectivity index (χ1v) is 13.6. The lowest BCUT2D eigenvalue weighted by Crippen LogP contribution is -2.12. The van der Waals surface area contributed by atoms with Crippen molar-refractivity contribution in [2.75, 3.05) is 12.8 Å². The number of azo groups is 1. The quantitative estimate of drug-likeness (QED) is 0.151. The number of ketones is 1. The first-order valence-electron chi connectivity index (χ1n) is 13.6. The SMILES string of the molecule is COc1ccc(-c2c(C(=O)c3ccc(C)cc3O)c(-c3ccccc3)nc3c(N=Nc4ccc(C)cc4)c(N)nn23)cc1. The third-order valence-electron chi connectivity index (χ3n) is 7.10. The van der Waals surface area contributed by atoms with E-state index in [-0.39, 0.29) is 28.4 Å². The molecular formula is C34H28N6O3. The standard InChI is InChI=1S/C34H28N6O3/c1-20-9-14-24(15-10-20)37-38-30-33(35)39-40-31(23-12-16-25(43-3)17-13-23)28(32(42)26-18-11-21(2)19-27(26)41)29(36-34(30)40)22-7-5-4-6-8-22/h4-19,41H,1-3H3,(H2,35,39). The first-order chi connectivity index (χ1) is 20.8. The maximum atomic E-state index is 14.4. The number of nitrogen functional groups attached to an aromatic ring is 1. The fraction of sp³-hybridized carbons (Fsp3) is 0.0882. The van der Waals surface area contributed by atoms with Crippen LogP contribution >= 0.6 is 0 Å². The lowest BCUT2D eigenvalue weighted by atomic mass is 9.92. The van der Waals surface area contributed by atoms with Crippen molar-refractivity contribution in [1.29, 1.82) is 0 Å². The summed E-state index contributed by atoms with van der Waals surface area (Å²) in [5.74, 6) is 0.194. The molecule has 0 fully saturated rings. The molecule has 9 heteroatoms. The van der Waals surface area contributed by atoms with Crippen LogP contribution in [-0.2, 0) is 0 Å². The number of aromatic nitrogens is 3. The predicted octanol–water partition coefficient (Wildman–Crippen LogP) is 7.62. The summed E-state index contributed by atoms with van der Waals surface area (Å²) in [5.41, 5.74) is 12.1. The molecule has 2 heterocycles. The van der Waals surface area contributed by atoms with Gasteiger partial charge in [0.15, 0.2) is 17.2 Å². The van der Waals surface area contributed by atoms with Gasteiger partial charge in [-0.2, -0.15) is 5.11 Å². The Morgan fingerprint density at radius 1 is 0.860 bits per heavy atom. The summed E-state index contributed by atoms with van der Waals surface area (Å²) in [5, 5.41) is 24.3. The van der Waals surface area contributed by atoms with E-state index < -0.39 is 5.78 Å². The number of nitrogens with zero attached hydrogens (tertiary/aromatic N) is 5. The number of methoxy groups -OCH3 is 1. The van der Waals surface area contributed by atoms with Crippen LogP contribution in [-0.4, -0.2) is 32.6 Å². The molecule has 2 aromatic heterocycles. The maximum absolute atomic E-state index is 14.4. The molecule has 0 aliphatic rings. The number of nitrogens with two attached hydrogens (primary N) is 1. The Balaban J connectivity index is 1.69. The predicted molar refractivity (Wildman–Crippen MR) is 166 cm³/mol. The van der Waals surface area contributed by atoms with Crippen molar-refractivity contribution in [2.45, 2.75) is 13.8 Å². The van der Waals surface area contributed by atoms with Crippen LogP contribution in [0.3, 0.4) is 0 Å². The van der Waals surface area contributed by atoms with Crippen LogP contribution in [0.15, 0.2) is 107 Å². The van der Waals surface area contributed by atoms with Crippen molar-refractivity contribution in [3.05, 3.63) is 119 Å². The Kier molecular flexibility index (Phi) is 7.13. The van der Waals surface area contributed by atoms with Crippen LogP contribution in [0.2, 0.25) is 0 Å². The first kappa shape index (κ1) is 27.3. The summed E-state index contributed by atoms with van der Waals surface area (Å²) in [6.07, 6.45) is 0. The highest BCUT2D eigenvalue weighted by Crippen LogP contribution is 2.39. The molecule has 0 saturated heterocycles. The van der Waals surface area contributed by atoms with E-state index in [1.165, 1.54) is 4.52 Å². The minimum Gasteiger partial charge on any atom is -0.507 e. The largest absolute Gasteiger partial charge is 0.507 e. The molecule has 0 unspecified atom stereocenters. The summed E-state index contributed by atoms with van der Waals surface area (Å²) in [7, 11) is 1.59. The lowest BCUT2D eigenvalue weighted by Gasteiger charge is -2.17. The lowest BCUT2D eigenvalue weighted by molar-refractivity contribution is 0.103. The van der Waals surface area contributed by atoms with Crippen LogP contribution in [0.4, 0.5) is 17.2 Å². The number of carbonyl (C=O) groups excluding carboxylic acids is 1. The van der Waals surface area contributed by atoms with E-state index >= 15 is 0 Å². The Bertz CT molecular complexity index is 2000. The number of fused-ring (bicyclic) bond motifs is 1. The summed E-state index contributed by atoms with van der Waals surface area (Å²) in [6.45, 7) is 3.84. The average Bonchev–Trinajstić information content (AvgIpc) is 3.34. The normalized spacial score (nSPS) is 11.3. The molecule has 43 heavy (non-hydrogen) atoms. The highest BCUT2D eigenvalue weighted by Gasteiger charge is 2.29. The third-order valence-corrected chi connectivity index (χ3v) is 7.10. The van der Waals surface area contributed by atoms with Crippen molar-refractivity contribution in [2.24, 2.45) is 10.2 Å². The topological polar surface area (TPSA) is 127 Å². The zero-order valence-electron chi connectivity index (χ0n) is 23.8. The van der Waals surface area contributed by atoms with Gasteiger partial charge in [-0.05, 0) is 67.9 Å². The summed E-state index contributed by atoms with van der Waals surface area (Å²) < 4.78 is 6.90. The second kappa shape index (κ2) is 11.2. The van der Waals surface area contributed by atoms with E-state index in [1.54, 1.807) is 37.4 Å². The van der Waals surface area contributed by atoms with Crippen molar-refractivity contribution in [3.8, 4) is 34.0 Å². The molecule has 0 amide bonds. The smallest absolute Gasteiger partial charge is 0.201 e. The van der Waals surface area contributed by atoms with Gasteiger partial charge >= 0.3 is 0 Å². The van der Waals surface area contributed by atoms with Crippen molar-refractivity contribution in [1.82, 2.24) is 14.6 Å². The van der Waals surface area contributed by atoms with Crippen LogP contribution < -0.4 is 10.5 Å². The average molecular weight is 569 g/mol. The summed E-state index contributed by atoms with van der Waals surface area (Å²) in [6, 6.07) is 29.2. The van der Waals surface area contributed by atoms with Crippen LogP contribution in [0.1, 0.15) is 27.0 Å². The molecular weight excluding hydrogens is 540 g/mol. The van der Waals surface area contributed by atoms with Gasteiger partial charge in [0.2, 0.25) is 5.78 Å². The molecule has 0 aliphatic heterocycles. The Morgan fingerprint density at radius 3 is 2.23 bits per heavy atom. The fourth-order valence-corrected chi connectivity index (χ4v) is 4.87. The van der Waals surface area contributed by atoms with E-state index in [9.17, 15) is 9.90 Å². The number of hydrogen-bond acceptors (Lipinski definition) is 8. The van der Waals surface area contributed by atoms with Crippen molar-refractivity contribution >= 4 is 28.6 Å². The van der Waals surface area contributed by atoms with Gasteiger partial charge in [0.1, 0.15) is 11.5 Å². The van der Waals surface area contributed by atoms with Gasteiger partial charge in [0.25, 0.3) is 0 Å². The maximum Gasteiger partial charge on any atom is 0.201 e. The van der Waals surface area contributed by atoms with Crippen LogP contribution in [0.25, 0.3) is 28.2 Å². The third kappa shape index (κ3) is 5.19. The van der Waals surface area contributed by atoms with Gasteiger partial charge in [-0.25, -0.2) is 9.50 Å². The van der Waals surface area contributed by atoms with E-state index in [1.807, 2.05) is 80.6 Å². The highest BCUT2D eigenvalue weighted by molar-refractivity contribution is 6.17. The van der Waals surface area contributed by atoms with Crippen LogP contribution in [0.5, 0.6) is 11.5 Å². The summed E-state index contributed by atoms with van der Waals surface area (Å²) in [4.78, 5) is 19.4. The number of aryl methyl sites for hydroxylation is 2. The van der Waals surface area contributed by atoms with Gasteiger partial charge in [0.05, 0.1) is 35.3 Å².